The molecule has 0 bridgehead atoms. The summed E-state index contributed by atoms with van der Waals surface area (Å²) in [5, 5.41) is 1.27. The van der Waals surface area contributed by atoms with Gasteiger partial charge in [-0.05, 0) is 55.7 Å². The number of rotatable bonds is 6. The largest absolute Gasteiger partial charge is 0.300 e. The molecule has 1 unspecified atom stereocenters. The Labute approximate surface area is 149 Å². The smallest absolute Gasteiger partial charge is 0.233 e. The normalized spacial score (nSPS) is 23.9. The molecule has 0 aliphatic carbocycles. The van der Waals surface area contributed by atoms with Crippen LogP contribution in [0.2, 0.25) is 0 Å². The van der Waals surface area contributed by atoms with Crippen LogP contribution in [0.5, 0.6) is 0 Å². The van der Waals surface area contributed by atoms with Crippen LogP contribution in [0.25, 0.3) is 6.08 Å². The van der Waals surface area contributed by atoms with Crippen LogP contribution >= 0.6 is 11.8 Å². The summed E-state index contributed by atoms with van der Waals surface area (Å²) < 4.78 is 27.0. The minimum absolute atomic E-state index is 0.454. The molecule has 0 aromatic heterocycles. The van der Waals surface area contributed by atoms with Gasteiger partial charge >= 0.3 is 0 Å². The number of nitrogens with zero attached hydrogens (tertiary/aromatic N) is 1. The monoisotopic (exact) mass is 366 g/mol. The molecule has 1 aromatic rings. The van der Waals surface area contributed by atoms with E-state index in [1.54, 1.807) is 6.08 Å². The van der Waals surface area contributed by atoms with Crippen LogP contribution in [0.15, 0.2) is 35.7 Å². The second-order valence-corrected chi connectivity index (χ2v) is 9.40. The van der Waals surface area contributed by atoms with Crippen LogP contribution in [-0.4, -0.2) is 50.5 Å². The summed E-state index contributed by atoms with van der Waals surface area (Å²) in [6, 6.07) is 10.3. The molecule has 0 amide bonds. The molecule has 0 spiro atoms. The van der Waals surface area contributed by atoms with Crippen molar-refractivity contribution in [2.75, 3.05) is 31.1 Å². The highest BCUT2D eigenvalue weighted by molar-refractivity contribution is 7.99. The third kappa shape index (κ3) is 5.34. The van der Waals surface area contributed by atoms with Crippen molar-refractivity contribution in [3.8, 4) is 0 Å². The van der Waals surface area contributed by atoms with Gasteiger partial charge in [0, 0.05) is 23.7 Å². The van der Waals surface area contributed by atoms with Crippen molar-refractivity contribution in [1.82, 2.24) is 9.62 Å². The lowest BCUT2D eigenvalue weighted by Crippen LogP contribution is -2.43. The van der Waals surface area contributed by atoms with Crippen LogP contribution in [0.4, 0.5) is 0 Å². The van der Waals surface area contributed by atoms with Gasteiger partial charge in [0.1, 0.15) is 0 Å². The van der Waals surface area contributed by atoms with E-state index in [2.05, 4.69) is 21.4 Å². The lowest BCUT2D eigenvalue weighted by Gasteiger charge is -2.35. The summed E-state index contributed by atoms with van der Waals surface area (Å²) in [5.41, 5.74) is 0.894. The Balaban J connectivity index is 1.43. The Kier molecular flexibility index (Phi) is 6.38. The first-order chi connectivity index (χ1) is 11.6. The fourth-order valence-corrected chi connectivity index (χ4v) is 5.50. The Hall–Kier alpha value is -0.820. The van der Waals surface area contributed by atoms with E-state index in [9.17, 15) is 8.42 Å². The highest BCUT2D eigenvalue weighted by Gasteiger charge is 2.27. The fraction of sp³-hybridized carbons (Fsp3) is 0.556. The number of nitrogens with one attached hydrogen (secondary N) is 1. The maximum absolute atomic E-state index is 12.1. The van der Waals surface area contributed by atoms with Gasteiger partial charge in [-0.2, -0.15) is 11.8 Å². The summed E-state index contributed by atoms with van der Waals surface area (Å²) in [7, 11) is -3.36. The minimum Gasteiger partial charge on any atom is -0.300 e. The van der Waals surface area contributed by atoms with E-state index in [-0.39, 0.29) is 0 Å². The first-order valence-electron chi connectivity index (χ1n) is 8.67. The molecule has 2 aliphatic rings. The van der Waals surface area contributed by atoms with Crippen LogP contribution < -0.4 is 4.72 Å². The van der Waals surface area contributed by atoms with Gasteiger partial charge in [-0.3, -0.25) is 4.90 Å². The topological polar surface area (TPSA) is 49.4 Å². The molecule has 0 radical (unpaired) electrons. The maximum Gasteiger partial charge on any atom is 0.233 e. The molecule has 2 saturated heterocycles. The molecule has 1 atom stereocenters. The summed E-state index contributed by atoms with van der Waals surface area (Å²) in [4.78, 5) is 2.60. The van der Waals surface area contributed by atoms with E-state index in [4.69, 9.17) is 0 Å². The number of hydrogen-bond acceptors (Lipinski definition) is 4. The maximum atomic E-state index is 12.1. The molecule has 4 nitrogen and oxygen atoms in total. The Bertz CT molecular complexity index is 632. The number of sulfonamides is 1. The standard InChI is InChI=1S/C18H26N2O2S2/c21-24(22,13-9-16-4-2-1-3-5-16)19-14-17-6-10-20(11-7-17)18-8-12-23-15-18/h1-5,9,13,17-19H,6-8,10-12,14-15H2. The first-order valence-corrected chi connectivity index (χ1v) is 11.4. The molecule has 2 fully saturated rings. The van der Waals surface area contributed by atoms with E-state index in [0.717, 1.165) is 37.5 Å². The summed E-state index contributed by atoms with van der Waals surface area (Å²) in [5.74, 6) is 3.01. The predicted octanol–water partition coefficient (Wildman–Crippen LogP) is 2.79. The van der Waals surface area contributed by atoms with E-state index < -0.39 is 10.0 Å². The van der Waals surface area contributed by atoms with Crippen molar-refractivity contribution in [2.45, 2.75) is 25.3 Å². The molecule has 2 heterocycles. The van der Waals surface area contributed by atoms with E-state index >= 15 is 0 Å². The van der Waals surface area contributed by atoms with Crippen molar-refractivity contribution in [1.29, 1.82) is 0 Å². The SMILES string of the molecule is O=S(=O)(C=Cc1ccccc1)NCC1CCN(C2CCSC2)CC1. The first kappa shape index (κ1) is 18.0. The zero-order valence-corrected chi connectivity index (χ0v) is 15.6. The molecule has 1 N–H and O–H groups in total. The van der Waals surface area contributed by atoms with Crippen LogP contribution in [0, 0.1) is 5.92 Å². The summed E-state index contributed by atoms with van der Waals surface area (Å²) >= 11 is 2.05. The third-order valence-corrected chi connectivity index (χ3v) is 7.09. The Morgan fingerprint density at radius 1 is 1.17 bits per heavy atom. The molecule has 132 valence electrons. The van der Waals surface area contributed by atoms with E-state index in [1.807, 2.05) is 30.3 Å². The molecule has 6 heteroatoms. The van der Waals surface area contributed by atoms with Crippen molar-refractivity contribution in [3.63, 3.8) is 0 Å². The van der Waals surface area contributed by atoms with Gasteiger partial charge in [-0.1, -0.05) is 30.3 Å². The number of piperidine rings is 1. The summed E-state index contributed by atoms with van der Waals surface area (Å²) in [6.45, 7) is 2.77. The predicted molar refractivity (Wildman–Crippen MR) is 102 cm³/mol. The number of thioether (sulfide) groups is 1. The van der Waals surface area contributed by atoms with Gasteiger partial charge in [0.25, 0.3) is 0 Å². The minimum atomic E-state index is -3.36. The van der Waals surface area contributed by atoms with Crippen molar-refractivity contribution < 1.29 is 8.42 Å². The van der Waals surface area contributed by atoms with Gasteiger partial charge in [0.15, 0.2) is 0 Å². The molecule has 2 aliphatic heterocycles. The average Bonchev–Trinajstić information content (AvgIpc) is 3.15. The molecule has 1 aromatic carbocycles. The molecule has 24 heavy (non-hydrogen) atoms. The molecular weight excluding hydrogens is 340 g/mol. The fourth-order valence-electron chi connectivity index (χ4n) is 3.35. The van der Waals surface area contributed by atoms with E-state index in [1.165, 1.54) is 23.3 Å². The highest BCUT2D eigenvalue weighted by Crippen LogP contribution is 2.26. The van der Waals surface area contributed by atoms with Gasteiger partial charge in [0.2, 0.25) is 10.0 Å². The Morgan fingerprint density at radius 2 is 1.92 bits per heavy atom. The van der Waals surface area contributed by atoms with Gasteiger partial charge < -0.3 is 0 Å². The van der Waals surface area contributed by atoms with Crippen LogP contribution in [0.1, 0.15) is 24.8 Å². The highest BCUT2D eigenvalue weighted by atomic mass is 32.2. The Morgan fingerprint density at radius 3 is 2.58 bits per heavy atom. The van der Waals surface area contributed by atoms with Crippen molar-refractivity contribution >= 4 is 27.9 Å². The third-order valence-electron chi connectivity index (χ3n) is 4.88. The molecular formula is C18H26N2O2S2. The number of hydrogen-bond donors (Lipinski definition) is 1. The number of likely N-dealkylation sites (tertiary alicyclic amines) is 1. The number of benzene rings is 1. The van der Waals surface area contributed by atoms with E-state index in [0.29, 0.717) is 12.5 Å². The average molecular weight is 367 g/mol. The lowest BCUT2D eigenvalue weighted by atomic mass is 9.96. The van der Waals surface area contributed by atoms with Gasteiger partial charge in [-0.15, -0.1) is 0 Å². The molecule has 0 saturated carbocycles. The zero-order chi connectivity index (χ0) is 16.8. The zero-order valence-electron chi connectivity index (χ0n) is 13.9. The summed E-state index contributed by atoms with van der Waals surface area (Å²) in [6.07, 6.45) is 5.13. The lowest BCUT2D eigenvalue weighted by molar-refractivity contribution is 0.145. The molecule has 3 rings (SSSR count). The van der Waals surface area contributed by atoms with Gasteiger partial charge in [-0.25, -0.2) is 13.1 Å². The van der Waals surface area contributed by atoms with Crippen molar-refractivity contribution in [2.24, 2.45) is 5.92 Å². The second kappa shape index (κ2) is 8.52. The van der Waals surface area contributed by atoms with Crippen LogP contribution in [0.3, 0.4) is 0 Å². The quantitative estimate of drug-likeness (QED) is 0.841. The second-order valence-electron chi connectivity index (χ2n) is 6.60. The van der Waals surface area contributed by atoms with Crippen molar-refractivity contribution in [3.05, 3.63) is 41.3 Å². The van der Waals surface area contributed by atoms with Crippen LogP contribution in [-0.2, 0) is 10.0 Å². The van der Waals surface area contributed by atoms with Gasteiger partial charge in [0.05, 0.1) is 0 Å².